The topological polar surface area (TPSA) is 61.2 Å². The van der Waals surface area contributed by atoms with E-state index in [4.69, 9.17) is 5.26 Å². The molecule has 0 unspecified atom stereocenters. The van der Waals surface area contributed by atoms with Gasteiger partial charge in [-0.2, -0.15) is 5.26 Å². The van der Waals surface area contributed by atoms with Crippen molar-refractivity contribution >= 4 is 10.0 Å². The Morgan fingerprint density at radius 3 is 2.47 bits per heavy atom. The van der Waals surface area contributed by atoms with Crippen molar-refractivity contribution in [2.75, 3.05) is 14.1 Å². The lowest BCUT2D eigenvalue weighted by molar-refractivity contribution is 0.518. The Kier molecular flexibility index (Phi) is 3.07. The van der Waals surface area contributed by atoms with Gasteiger partial charge < -0.3 is 0 Å². The molecule has 0 aliphatic rings. The van der Waals surface area contributed by atoms with Crippen molar-refractivity contribution in [1.29, 1.82) is 5.26 Å². The zero-order valence-electron chi connectivity index (χ0n) is 8.23. The van der Waals surface area contributed by atoms with Crippen molar-refractivity contribution in [3.8, 4) is 6.07 Å². The van der Waals surface area contributed by atoms with Gasteiger partial charge in [-0.1, -0.05) is 6.07 Å². The lowest BCUT2D eigenvalue weighted by atomic mass is 10.2. The number of rotatable bonds is 2. The fraction of sp³-hybridized carbons (Fsp3) is 0.222. The Labute approximate surface area is 87.6 Å². The van der Waals surface area contributed by atoms with Gasteiger partial charge in [0.05, 0.1) is 0 Å². The van der Waals surface area contributed by atoms with E-state index >= 15 is 0 Å². The molecular formula is C9H9FN2O2S. The van der Waals surface area contributed by atoms with Crippen molar-refractivity contribution in [3.05, 3.63) is 29.6 Å². The summed E-state index contributed by atoms with van der Waals surface area (Å²) in [6.07, 6.45) is 0. The smallest absolute Gasteiger partial charge is 0.207 e. The van der Waals surface area contributed by atoms with Gasteiger partial charge in [0, 0.05) is 14.1 Å². The van der Waals surface area contributed by atoms with Crippen LogP contribution in [0, 0.1) is 17.1 Å². The first kappa shape index (κ1) is 11.6. The first-order valence-corrected chi connectivity index (χ1v) is 5.46. The second-order valence-electron chi connectivity index (χ2n) is 3.01. The molecule has 6 heteroatoms. The Bertz CT molecular complexity index is 517. The van der Waals surface area contributed by atoms with Gasteiger partial charge in [-0.3, -0.25) is 0 Å². The minimum atomic E-state index is -3.77. The van der Waals surface area contributed by atoms with Gasteiger partial charge in [-0.15, -0.1) is 0 Å². The fourth-order valence-electron chi connectivity index (χ4n) is 1.02. The third-order valence-corrected chi connectivity index (χ3v) is 3.70. The molecule has 0 spiro atoms. The average Bonchev–Trinajstić information content (AvgIpc) is 2.17. The Hall–Kier alpha value is -1.45. The molecule has 0 fully saturated rings. The molecule has 4 nitrogen and oxygen atoms in total. The predicted molar refractivity (Wildman–Crippen MR) is 52.0 cm³/mol. The molecule has 0 aromatic heterocycles. The summed E-state index contributed by atoms with van der Waals surface area (Å²) in [5.74, 6) is -0.833. The van der Waals surface area contributed by atoms with Crippen molar-refractivity contribution < 1.29 is 12.8 Å². The van der Waals surface area contributed by atoms with Crippen LogP contribution in [0.5, 0.6) is 0 Å². The lowest BCUT2D eigenvalue weighted by Gasteiger charge is -2.12. The SMILES string of the molecule is CN(C)S(=O)(=O)c1cccc(F)c1C#N. The summed E-state index contributed by atoms with van der Waals surface area (Å²) in [4.78, 5) is -0.310. The van der Waals surface area contributed by atoms with E-state index in [-0.39, 0.29) is 4.90 Å². The third kappa shape index (κ3) is 1.98. The van der Waals surface area contributed by atoms with Crippen molar-refractivity contribution in [2.45, 2.75) is 4.90 Å². The standard InChI is InChI=1S/C9H9FN2O2S/c1-12(2)15(13,14)9-5-3-4-8(10)7(9)6-11/h3-5H,1-2H3. The number of halogens is 1. The summed E-state index contributed by atoms with van der Waals surface area (Å²) in [5.41, 5.74) is -0.453. The summed E-state index contributed by atoms with van der Waals surface area (Å²) >= 11 is 0. The Balaban J connectivity index is 3.54. The monoisotopic (exact) mass is 228 g/mol. The van der Waals surface area contributed by atoms with E-state index < -0.39 is 21.4 Å². The highest BCUT2D eigenvalue weighted by Gasteiger charge is 2.23. The third-order valence-electron chi connectivity index (χ3n) is 1.85. The maximum atomic E-state index is 13.1. The first-order chi connectivity index (χ1) is 6.91. The normalized spacial score (nSPS) is 11.4. The van der Waals surface area contributed by atoms with Crippen molar-refractivity contribution in [3.63, 3.8) is 0 Å². The number of nitriles is 1. The molecule has 0 saturated heterocycles. The van der Waals surface area contributed by atoms with Crippen LogP contribution in [0.15, 0.2) is 23.1 Å². The van der Waals surface area contributed by atoms with E-state index in [1.165, 1.54) is 26.2 Å². The summed E-state index contributed by atoms with van der Waals surface area (Å²) in [5, 5.41) is 8.67. The van der Waals surface area contributed by atoms with Crippen molar-refractivity contribution in [2.24, 2.45) is 0 Å². The van der Waals surface area contributed by atoms with Crippen molar-refractivity contribution in [1.82, 2.24) is 4.31 Å². The van der Waals surface area contributed by atoms with Crippen LogP contribution < -0.4 is 0 Å². The van der Waals surface area contributed by atoms with Crippen LogP contribution in [0.3, 0.4) is 0 Å². The molecule has 1 aromatic carbocycles. The minimum absolute atomic E-state index is 0.310. The second-order valence-corrected chi connectivity index (χ2v) is 5.13. The summed E-state index contributed by atoms with van der Waals surface area (Å²) in [6.45, 7) is 0. The number of hydrogen-bond donors (Lipinski definition) is 0. The molecule has 80 valence electrons. The zero-order valence-corrected chi connectivity index (χ0v) is 9.05. The first-order valence-electron chi connectivity index (χ1n) is 4.02. The van der Waals surface area contributed by atoms with Gasteiger partial charge in [0.15, 0.2) is 0 Å². The van der Waals surface area contributed by atoms with Crippen LogP contribution >= 0.6 is 0 Å². The van der Waals surface area contributed by atoms with E-state index in [0.29, 0.717) is 0 Å². The van der Waals surface area contributed by atoms with Crippen LogP contribution in [0.4, 0.5) is 4.39 Å². The molecule has 15 heavy (non-hydrogen) atoms. The zero-order chi connectivity index (χ0) is 11.6. The summed E-state index contributed by atoms with van der Waals surface area (Å²) in [6, 6.07) is 5.05. The molecule has 0 aliphatic carbocycles. The van der Waals surface area contributed by atoms with Crippen LogP contribution in [0.1, 0.15) is 5.56 Å². The predicted octanol–water partition coefficient (Wildman–Crippen LogP) is 0.948. The number of nitrogens with zero attached hydrogens (tertiary/aromatic N) is 2. The quantitative estimate of drug-likeness (QED) is 0.757. The number of benzene rings is 1. The molecule has 0 aliphatic heterocycles. The minimum Gasteiger partial charge on any atom is -0.207 e. The molecule has 0 N–H and O–H groups in total. The highest BCUT2D eigenvalue weighted by atomic mass is 32.2. The number of sulfonamides is 1. The number of hydrogen-bond acceptors (Lipinski definition) is 3. The maximum absolute atomic E-state index is 13.1. The molecule has 0 saturated carbocycles. The van der Waals surface area contributed by atoms with E-state index in [9.17, 15) is 12.8 Å². The summed E-state index contributed by atoms with van der Waals surface area (Å²) < 4.78 is 37.4. The van der Waals surface area contributed by atoms with E-state index in [2.05, 4.69) is 0 Å². The Morgan fingerprint density at radius 1 is 1.40 bits per heavy atom. The molecule has 0 bridgehead atoms. The molecule has 1 aromatic rings. The van der Waals surface area contributed by atoms with Gasteiger partial charge in [0.2, 0.25) is 10.0 Å². The van der Waals surface area contributed by atoms with Gasteiger partial charge in [0.1, 0.15) is 22.3 Å². The molecule has 0 radical (unpaired) electrons. The van der Waals surface area contributed by atoms with Crippen LogP contribution in [-0.2, 0) is 10.0 Å². The lowest BCUT2D eigenvalue weighted by Crippen LogP contribution is -2.23. The molecule has 0 amide bonds. The van der Waals surface area contributed by atoms with Gasteiger partial charge in [-0.05, 0) is 12.1 Å². The van der Waals surface area contributed by atoms with Gasteiger partial charge in [-0.25, -0.2) is 17.1 Å². The highest BCUT2D eigenvalue weighted by Crippen LogP contribution is 2.20. The Morgan fingerprint density at radius 2 is 2.00 bits per heavy atom. The van der Waals surface area contributed by atoms with Crippen LogP contribution in [0.25, 0.3) is 0 Å². The highest BCUT2D eigenvalue weighted by molar-refractivity contribution is 7.89. The second kappa shape index (κ2) is 3.96. The maximum Gasteiger partial charge on any atom is 0.243 e. The molecule has 0 atom stereocenters. The molecule has 1 rings (SSSR count). The van der Waals surface area contributed by atoms with Gasteiger partial charge >= 0.3 is 0 Å². The van der Waals surface area contributed by atoms with E-state index in [1.807, 2.05) is 0 Å². The van der Waals surface area contributed by atoms with E-state index in [1.54, 1.807) is 6.07 Å². The fourth-order valence-corrected chi connectivity index (χ4v) is 2.07. The van der Waals surface area contributed by atoms with Crippen LogP contribution in [0.2, 0.25) is 0 Å². The van der Waals surface area contributed by atoms with Crippen LogP contribution in [-0.4, -0.2) is 26.8 Å². The van der Waals surface area contributed by atoms with E-state index in [0.717, 1.165) is 10.4 Å². The largest absolute Gasteiger partial charge is 0.243 e. The molecular weight excluding hydrogens is 219 g/mol. The molecule has 0 heterocycles. The average molecular weight is 228 g/mol. The summed E-state index contributed by atoms with van der Waals surface area (Å²) in [7, 11) is -1.13. The van der Waals surface area contributed by atoms with Gasteiger partial charge in [0.25, 0.3) is 0 Å².